The minimum absolute atomic E-state index is 0.108. The number of ether oxygens (including phenoxy) is 3. The summed E-state index contributed by atoms with van der Waals surface area (Å²) in [4.78, 5) is 24.6. The lowest BCUT2D eigenvalue weighted by Crippen LogP contribution is -2.23. The molecule has 3 rings (SSSR count). The predicted molar refractivity (Wildman–Crippen MR) is 109 cm³/mol. The van der Waals surface area contributed by atoms with Crippen molar-refractivity contribution < 1.29 is 23.4 Å². The number of aryl methyl sites for hydroxylation is 1. The second-order valence-electron chi connectivity index (χ2n) is 6.28. The molecule has 0 radical (unpaired) electrons. The van der Waals surface area contributed by atoms with E-state index in [0.717, 1.165) is 5.56 Å². The molecule has 1 amide bonds. The van der Waals surface area contributed by atoms with Gasteiger partial charge in [-0.05, 0) is 42.3 Å². The van der Waals surface area contributed by atoms with E-state index >= 15 is 0 Å². The molecule has 152 valence electrons. The van der Waals surface area contributed by atoms with Crippen LogP contribution >= 0.6 is 11.6 Å². The first kappa shape index (κ1) is 20.5. The number of nitrogens with one attached hydrogen (secondary N) is 1. The summed E-state index contributed by atoms with van der Waals surface area (Å²) in [6, 6.07) is 7.85. The van der Waals surface area contributed by atoms with Gasteiger partial charge in [0.1, 0.15) is 5.58 Å². The van der Waals surface area contributed by atoms with E-state index in [9.17, 15) is 9.59 Å². The SMILES string of the molecule is COc1cc(C(=O)NCc2cc(=O)oc3cc(C)c(Cl)cc23)cc(OC)c1OC. The van der Waals surface area contributed by atoms with Crippen molar-refractivity contribution in [2.24, 2.45) is 0 Å². The monoisotopic (exact) mass is 417 g/mol. The molecule has 8 heteroatoms. The van der Waals surface area contributed by atoms with Crippen LogP contribution in [-0.4, -0.2) is 27.2 Å². The highest BCUT2D eigenvalue weighted by Crippen LogP contribution is 2.38. The topological polar surface area (TPSA) is 87.0 Å². The molecule has 0 aliphatic rings. The van der Waals surface area contributed by atoms with Gasteiger partial charge in [0.05, 0.1) is 21.3 Å². The number of hydrogen-bond acceptors (Lipinski definition) is 6. The summed E-state index contributed by atoms with van der Waals surface area (Å²) in [5.74, 6) is 0.752. The lowest BCUT2D eigenvalue weighted by molar-refractivity contribution is 0.0950. The van der Waals surface area contributed by atoms with Gasteiger partial charge in [-0.1, -0.05) is 11.6 Å². The van der Waals surface area contributed by atoms with E-state index in [1.54, 1.807) is 24.3 Å². The third kappa shape index (κ3) is 4.14. The zero-order valence-electron chi connectivity index (χ0n) is 16.4. The highest BCUT2D eigenvalue weighted by Gasteiger charge is 2.17. The van der Waals surface area contributed by atoms with Crippen LogP contribution in [-0.2, 0) is 6.54 Å². The summed E-state index contributed by atoms with van der Waals surface area (Å²) in [6.07, 6.45) is 0. The maximum Gasteiger partial charge on any atom is 0.336 e. The molecule has 0 unspecified atom stereocenters. The average molecular weight is 418 g/mol. The second-order valence-corrected chi connectivity index (χ2v) is 6.69. The number of benzene rings is 2. The lowest BCUT2D eigenvalue weighted by atomic mass is 10.1. The van der Waals surface area contributed by atoms with Crippen molar-refractivity contribution in [2.45, 2.75) is 13.5 Å². The van der Waals surface area contributed by atoms with Gasteiger partial charge in [-0.2, -0.15) is 0 Å². The van der Waals surface area contributed by atoms with E-state index in [4.69, 9.17) is 30.2 Å². The number of carbonyl (C=O) groups is 1. The largest absolute Gasteiger partial charge is 0.493 e. The van der Waals surface area contributed by atoms with Gasteiger partial charge in [0, 0.05) is 28.6 Å². The summed E-state index contributed by atoms with van der Waals surface area (Å²) in [5.41, 5.74) is 1.62. The van der Waals surface area contributed by atoms with Crippen LogP contribution in [0.2, 0.25) is 5.02 Å². The van der Waals surface area contributed by atoms with Gasteiger partial charge >= 0.3 is 5.63 Å². The van der Waals surface area contributed by atoms with Crippen LogP contribution in [0.25, 0.3) is 11.0 Å². The van der Waals surface area contributed by atoms with Crippen molar-refractivity contribution in [3.05, 3.63) is 62.5 Å². The van der Waals surface area contributed by atoms with E-state index in [2.05, 4.69) is 5.32 Å². The van der Waals surface area contributed by atoms with Gasteiger partial charge in [0.15, 0.2) is 11.5 Å². The Kier molecular flexibility index (Phi) is 5.98. The molecule has 2 aromatic carbocycles. The van der Waals surface area contributed by atoms with Gasteiger partial charge in [0.25, 0.3) is 5.91 Å². The third-order valence-corrected chi connectivity index (χ3v) is 4.88. The molecule has 0 saturated carbocycles. The van der Waals surface area contributed by atoms with Gasteiger partial charge < -0.3 is 23.9 Å². The zero-order chi connectivity index (χ0) is 21.1. The zero-order valence-corrected chi connectivity index (χ0v) is 17.2. The molecule has 0 atom stereocenters. The summed E-state index contributed by atoms with van der Waals surface area (Å²) >= 11 is 6.21. The van der Waals surface area contributed by atoms with E-state index in [0.29, 0.717) is 44.4 Å². The highest BCUT2D eigenvalue weighted by molar-refractivity contribution is 6.32. The van der Waals surface area contributed by atoms with Gasteiger partial charge in [0.2, 0.25) is 5.75 Å². The van der Waals surface area contributed by atoms with Crippen molar-refractivity contribution in [1.29, 1.82) is 0 Å². The maximum atomic E-state index is 12.7. The molecule has 0 bridgehead atoms. The summed E-state index contributed by atoms with van der Waals surface area (Å²) in [6.45, 7) is 1.93. The summed E-state index contributed by atoms with van der Waals surface area (Å²) in [7, 11) is 4.43. The molecular weight excluding hydrogens is 398 g/mol. The van der Waals surface area contributed by atoms with Crippen LogP contribution < -0.4 is 25.2 Å². The second kappa shape index (κ2) is 8.45. The van der Waals surface area contributed by atoms with E-state index in [1.807, 2.05) is 6.92 Å². The summed E-state index contributed by atoms with van der Waals surface area (Å²) < 4.78 is 21.1. The number of methoxy groups -OCH3 is 3. The molecule has 0 aliphatic carbocycles. The normalized spacial score (nSPS) is 10.7. The predicted octanol–water partition coefficient (Wildman–Crippen LogP) is 3.71. The number of amides is 1. The fourth-order valence-corrected chi connectivity index (χ4v) is 3.15. The fourth-order valence-electron chi connectivity index (χ4n) is 2.98. The Bertz CT molecular complexity index is 1110. The molecule has 7 nitrogen and oxygen atoms in total. The minimum atomic E-state index is -0.503. The fraction of sp³-hybridized carbons (Fsp3) is 0.238. The molecule has 1 aromatic heterocycles. The van der Waals surface area contributed by atoms with Crippen LogP contribution in [0.3, 0.4) is 0 Å². The smallest absolute Gasteiger partial charge is 0.336 e. The Morgan fingerprint density at radius 2 is 1.69 bits per heavy atom. The first-order valence-electron chi connectivity index (χ1n) is 8.69. The first-order valence-corrected chi connectivity index (χ1v) is 9.06. The Morgan fingerprint density at radius 3 is 2.28 bits per heavy atom. The van der Waals surface area contributed by atoms with Crippen molar-refractivity contribution in [1.82, 2.24) is 5.32 Å². The van der Waals surface area contributed by atoms with E-state index in [1.165, 1.54) is 27.4 Å². The van der Waals surface area contributed by atoms with E-state index < -0.39 is 5.63 Å². The Balaban J connectivity index is 1.92. The quantitative estimate of drug-likeness (QED) is 0.615. The maximum absolute atomic E-state index is 12.7. The molecule has 0 aliphatic heterocycles. The summed E-state index contributed by atoms with van der Waals surface area (Å²) in [5, 5.41) is 4.00. The molecular formula is C21H20ClNO6. The van der Waals surface area contributed by atoms with Gasteiger partial charge in [-0.15, -0.1) is 0 Å². The molecule has 1 heterocycles. The third-order valence-electron chi connectivity index (χ3n) is 4.48. The van der Waals surface area contributed by atoms with Crippen molar-refractivity contribution in [2.75, 3.05) is 21.3 Å². The molecule has 0 fully saturated rings. The number of hydrogen-bond donors (Lipinski definition) is 1. The van der Waals surface area contributed by atoms with E-state index in [-0.39, 0.29) is 12.5 Å². The van der Waals surface area contributed by atoms with Crippen LogP contribution in [0.4, 0.5) is 0 Å². The number of fused-ring (bicyclic) bond motifs is 1. The molecule has 3 aromatic rings. The Hall–Kier alpha value is -3.19. The highest BCUT2D eigenvalue weighted by atomic mass is 35.5. The minimum Gasteiger partial charge on any atom is -0.493 e. The van der Waals surface area contributed by atoms with Crippen molar-refractivity contribution in [3.8, 4) is 17.2 Å². The molecule has 1 N–H and O–H groups in total. The van der Waals surface area contributed by atoms with Gasteiger partial charge in [-0.25, -0.2) is 4.79 Å². The van der Waals surface area contributed by atoms with Crippen molar-refractivity contribution >= 4 is 28.5 Å². The molecule has 29 heavy (non-hydrogen) atoms. The number of carbonyl (C=O) groups excluding carboxylic acids is 1. The molecule has 0 saturated heterocycles. The Morgan fingerprint density at radius 1 is 1.03 bits per heavy atom. The number of halogens is 1. The standard InChI is InChI=1S/C21H20ClNO6/c1-11-5-16-14(9-15(11)22)13(8-19(24)29-16)10-23-21(25)12-6-17(26-2)20(28-4)18(7-12)27-3/h5-9H,10H2,1-4H3,(H,23,25). The first-order chi connectivity index (χ1) is 13.9. The van der Waals surface area contributed by atoms with Crippen LogP contribution in [0.15, 0.2) is 39.5 Å². The van der Waals surface area contributed by atoms with Gasteiger partial charge in [-0.3, -0.25) is 4.79 Å². The number of rotatable bonds is 6. The molecule has 0 spiro atoms. The lowest BCUT2D eigenvalue weighted by Gasteiger charge is -2.14. The average Bonchev–Trinajstić information content (AvgIpc) is 2.71. The van der Waals surface area contributed by atoms with Crippen LogP contribution in [0.1, 0.15) is 21.5 Å². The van der Waals surface area contributed by atoms with Crippen LogP contribution in [0.5, 0.6) is 17.2 Å². The Labute approximate surface area is 172 Å². The van der Waals surface area contributed by atoms with Crippen molar-refractivity contribution in [3.63, 3.8) is 0 Å². The van der Waals surface area contributed by atoms with Crippen LogP contribution in [0, 0.1) is 6.92 Å².